The van der Waals surface area contributed by atoms with Crippen molar-refractivity contribution in [1.29, 1.82) is 0 Å². The van der Waals surface area contributed by atoms with Crippen LogP contribution < -0.4 is 19.7 Å². The summed E-state index contributed by atoms with van der Waals surface area (Å²) in [7, 11) is 3.06. The highest BCUT2D eigenvalue weighted by Gasteiger charge is 2.18. The minimum atomic E-state index is -0.280. The number of nitrogens with one attached hydrogen (secondary N) is 1. The molecule has 6 heteroatoms. The number of nitrogens with zero attached hydrogens (tertiary/aromatic N) is 1. The Labute approximate surface area is 160 Å². The van der Waals surface area contributed by atoms with Crippen LogP contribution in [0.4, 0.5) is 11.4 Å². The third-order valence-corrected chi connectivity index (χ3v) is 4.22. The van der Waals surface area contributed by atoms with Crippen molar-refractivity contribution in [2.75, 3.05) is 31.0 Å². The van der Waals surface area contributed by atoms with Crippen molar-refractivity contribution in [2.24, 2.45) is 0 Å². The van der Waals surface area contributed by atoms with Gasteiger partial charge >= 0.3 is 0 Å². The normalized spacial score (nSPS) is 10.4. The number of carbonyl (C=O) groups is 2. The Kier molecular flexibility index (Phi) is 6.82. The van der Waals surface area contributed by atoms with Gasteiger partial charge in [-0.25, -0.2) is 0 Å². The summed E-state index contributed by atoms with van der Waals surface area (Å²) < 4.78 is 10.5. The lowest BCUT2D eigenvalue weighted by Gasteiger charge is -2.22. The van der Waals surface area contributed by atoms with Crippen molar-refractivity contribution in [3.8, 4) is 11.5 Å². The fraction of sp³-hybridized carbons (Fsp3) is 0.333. The smallest absolute Gasteiger partial charge is 0.244 e. The molecule has 1 N–H and O–H groups in total. The van der Waals surface area contributed by atoms with Crippen LogP contribution in [0.5, 0.6) is 11.5 Å². The van der Waals surface area contributed by atoms with Crippen molar-refractivity contribution in [3.63, 3.8) is 0 Å². The SMILES string of the molecule is COc1ccc(N(CC(=O)Nc2ccc(C(C)C)cc2)C(C)=O)cc1OC. The van der Waals surface area contributed by atoms with Gasteiger partial charge in [0, 0.05) is 24.4 Å². The zero-order valence-electron chi connectivity index (χ0n) is 16.4. The predicted octanol–water partition coefficient (Wildman–Crippen LogP) is 3.82. The summed E-state index contributed by atoms with van der Waals surface area (Å²) in [5.41, 5.74) is 2.45. The van der Waals surface area contributed by atoms with Crippen LogP contribution in [-0.4, -0.2) is 32.6 Å². The molecule has 0 radical (unpaired) electrons. The molecule has 0 aliphatic carbocycles. The van der Waals surface area contributed by atoms with E-state index < -0.39 is 0 Å². The molecule has 0 bridgehead atoms. The Bertz CT molecular complexity index is 800. The van der Waals surface area contributed by atoms with Gasteiger partial charge in [0.25, 0.3) is 0 Å². The summed E-state index contributed by atoms with van der Waals surface area (Å²) in [6.07, 6.45) is 0. The molecule has 0 heterocycles. The zero-order valence-corrected chi connectivity index (χ0v) is 16.4. The molecule has 0 fully saturated rings. The van der Waals surface area contributed by atoms with E-state index in [0.29, 0.717) is 28.8 Å². The van der Waals surface area contributed by atoms with Crippen LogP contribution in [0.25, 0.3) is 0 Å². The van der Waals surface area contributed by atoms with Crippen molar-refractivity contribution in [1.82, 2.24) is 0 Å². The molecule has 0 spiro atoms. The Hall–Kier alpha value is -3.02. The van der Waals surface area contributed by atoms with E-state index >= 15 is 0 Å². The molecular formula is C21H26N2O4. The summed E-state index contributed by atoms with van der Waals surface area (Å²) in [6, 6.07) is 12.8. The van der Waals surface area contributed by atoms with Gasteiger partial charge in [-0.15, -0.1) is 0 Å². The van der Waals surface area contributed by atoms with Crippen LogP contribution in [0.15, 0.2) is 42.5 Å². The highest BCUT2D eigenvalue weighted by molar-refractivity contribution is 6.02. The molecule has 27 heavy (non-hydrogen) atoms. The maximum absolute atomic E-state index is 12.4. The van der Waals surface area contributed by atoms with Gasteiger partial charge in [-0.2, -0.15) is 0 Å². The minimum Gasteiger partial charge on any atom is -0.493 e. The Morgan fingerprint density at radius 3 is 2.15 bits per heavy atom. The zero-order chi connectivity index (χ0) is 20.0. The molecule has 0 aliphatic rings. The van der Waals surface area contributed by atoms with E-state index in [-0.39, 0.29) is 18.4 Å². The van der Waals surface area contributed by atoms with Crippen LogP contribution in [0, 0.1) is 0 Å². The molecule has 2 amide bonds. The first-order chi connectivity index (χ1) is 12.8. The second-order valence-electron chi connectivity index (χ2n) is 6.47. The van der Waals surface area contributed by atoms with E-state index in [1.165, 1.54) is 31.6 Å². The van der Waals surface area contributed by atoms with Crippen molar-refractivity contribution in [2.45, 2.75) is 26.7 Å². The molecule has 2 rings (SSSR count). The summed E-state index contributed by atoms with van der Waals surface area (Å²) >= 11 is 0. The average molecular weight is 370 g/mol. The number of ether oxygens (including phenoxy) is 2. The van der Waals surface area contributed by atoms with Gasteiger partial charge in [0.15, 0.2) is 11.5 Å². The minimum absolute atomic E-state index is 0.100. The number of hydrogen-bond donors (Lipinski definition) is 1. The summed E-state index contributed by atoms with van der Waals surface area (Å²) in [5.74, 6) is 0.947. The Balaban J connectivity index is 2.13. The van der Waals surface area contributed by atoms with Gasteiger partial charge in [0.1, 0.15) is 6.54 Å². The first kappa shape index (κ1) is 20.3. The van der Waals surface area contributed by atoms with Gasteiger partial charge in [0.2, 0.25) is 11.8 Å². The standard InChI is InChI=1S/C21H26N2O4/c1-14(2)16-6-8-17(9-7-16)22-21(25)13-23(15(3)24)18-10-11-19(26-4)20(12-18)27-5/h6-12,14H,13H2,1-5H3,(H,22,25). The third kappa shape index (κ3) is 5.23. The van der Waals surface area contributed by atoms with Crippen LogP contribution in [0.2, 0.25) is 0 Å². The molecular weight excluding hydrogens is 344 g/mol. The fourth-order valence-corrected chi connectivity index (χ4v) is 2.67. The van der Waals surface area contributed by atoms with Crippen LogP contribution in [0.3, 0.4) is 0 Å². The lowest BCUT2D eigenvalue weighted by Crippen LogP contribution is -2.36. The molecule has 6 nitrogen and oxygen atoms in total. The summed E-state index contributed by atoms with van der Waals surface area (Å²) in [5, 5.41) is 2.83. The number of amides is 2. The number of methoxy groups -OCH3 is 2. The second-order valence-corrected chi connectivity index (χ2v) is 6.47. The van der Waals surface area contributed by atoms with Crippen LogP contribution in [-0.2, 0) is 9.59 Å². The monoisotopic (exact) mass is 370 g/mol. The Morgan fingerprint density at radius 2 is 1.63 bits per heavy atom. The molecule has 2 aromatic carbocycles. The third-order valence-electron chi connectivity index (χ3n) is 4.22. The number of hydrogen-bond acceptors (Lipinski definition) is 4. The maximum Gasteiger partial charge on any atom is 0.244 e. The van der Waals surface area contributed by atoms with Crippen molar-refractivity contribution in [3.05, 3.63) is 48.0 Å². The largest absolute Gasteiger partial charge is 0.493 e. The summed E-state index contributed by atoms with van der Waals surface area (Å²) in [6.45, 7) is 5.54. The van der Waals surface area contributed by atoms with E-state index in [4.69, 9.17) is 9.47 Å². The number of anilines is 2. The summed E-state index contributed by atoms with van der Waals surface area (Å²) in [4.78, 5) is 25.9. The number of benzene rings is 2. The van der Waals surface area contributed by atoms with Gasteiger partial charge in [-0.1, -0.05) is 26.0 Å². The van der Waals surface area contributed by atoms with Gasteiger partial charge in [-0.05, 0) is 35.7 Å². The van der Waals surface area contributed by atoms with E-state index in [0.717, 1.165) is 0 Å². The van der Waals surface area contributed by atoms with Gasteiger partial charge in [-0.3, -0.25) is 9.59 Å². The van der Waals surface area contributed by atoms with Crippen LogP contribution >= 0.6 is 0 Å². The highest BCUT2D eigenvalue weighted by atomic mass is 16.5. The van der Waals surface area contributed by atoms with E-state index in [1.54, 1.807) is 18.2 Å². The Morgan fingerprint density at radius 1 is 1.00 bits per heavy atom. The van der Waals surface area contributed by atoms with Crippen LogP contribution in [0.1, 0.15) is 32.3 Å². The van der Waals surface area contributed by atoms with Crippen molar-refractivity contribution >= 4 is 23.2 Å². The number of rotatable bonds is 7. The lowest BCUT2D eigenvalue weighted by molar-refractivity contribution is -0.120. The first-order valence-electron chi connectivity index (χ1n) is 8.75. The van der Waals surface area contributed by atoms with E-state index in [1.807, 2.05) is 24.3 Å². The van der Waals surface area contributed by atoms with Crippen molar-refractivity contribution < 1.29 is 19.1 Å². The highest BCUT2D eigenvalue weighted by Crippen LogP contribution is 2.31. The topological polar surface area (TPSA) is 67.9 Å². The molecule has 0 saturated heterocycles. The molecule has 0 atom stereocenters. The van der Waals surface area contributed by atoms with Gasteiger partial charge < -0.3 is 19.7 Å². The quantitative estimate of drug-likeness (QED) is 0.804. The molecule has 0 aromatic heterocycles. The fourth-order valence-electron chi connectivity index (χ4n) is 2.67. The van der Waals surface area contributed by atoms with Gasteiger partial charge in [0.05, 0.1) is 14.2 Å². The van der Waals surface area contributed by atoms with E-state index in [9.17, 15) is 9.59 Å². The lowest BCUT2D eigenvalue weighted by atomic mass is 10.0. The molecule has 144 valence electrons. The second kappa shape index (κ2) is 9.07. The average Bonchev–Trinajstić information content (AvgIpc) is 2.65. The molecule has 0 aliphatic heterocycles. The molecule has 0 saturated carbocycles. The predicted molar refractivity (Wildman–Crippen MR) is 107 cm³/mol. The van der Waals surface area contributed by atoms with E-state index in [2.05, 4.69) is 19.2 Å². The first-order valence-corrected chi connectivity index (χ1v) is 8.75. The molecule has 0 unspecified atom stereocenters. The number of carbonyl (C=O) groups excluding carboxylic acids is 2. The maximum atomic E-state index is 12.4. The molecule has 2 aromatic rings.